The average Bonchev–Trinajstić information content (AvgIpc) is 2.57. The summed E-state index contributed by atoms with van der Waals surface area (Å²) in [5.74, 6) is 0. The lowest BCUT2D eigenvalue weighted by molar-refractivity contribution is -0.921. The molecule has 0 saturated heterocycles. The van der Waals surface area contributed by atoms with Crippen molar-refractivity contribution in [1.29, 1.82) is 0 Å². The highest BCUT2D eigenvalue weighted by molar-refractivity contribution is 5.13. The first-order chi connectivity index (χ1) is 11.2. The minimum atomic E-state index is 0. The quantitative estimate of drug-likeness (QED) is 0.332. The number of hydrogen-bond acceptors (Lipinski definition) is 0. The van der Waals surface area contributed by atoms with E-state index in [0.717, 1.165) is 0 Å². The summed E-state index contributed by atoms with van der Waals surface area (Å²) >= 11 is 0. The number of unbranched alkanes of at least 4 members (excludes halogenated alkanes) is 9. The smallest absolute Gasteiger partial charge is 0.104 e. The molecule has 0 aliphatic rings. The monoisotopic (exact) mass is 397 g/mol. The number of hydrogen-bond donors (Lipinski definition) is 0. The van der Waals surface area contributed by atoms with Crippen molar-refractivity contribution in [2.45, 2.75) is 84.6 Å². The maximum absolute atomic E-state index is 2.42. The first-order valence-corrected chi connectivity index (χ1v) is 10.1. The number of rotatable bonds is 14. The Balaban J connectivity index is 0.00000529. The van der Waals surface area contributed by atoms with Crippen molar-refractivity contribution < 1.29 is 21.5 Å². The summed E-state index contributed by atoms with van der Waals surface area (Å²) in [6, 6.07) is 11.0. The van der Waals surface area contributed by atoms with Gasteiger partial charge in [0.25, 0.3) is 0 Å². The summed E-state index contributed by atoms with van der Waals surface area (Å²) in [7, 11) is 2.42. The third kappa shape index (κ3) is 11.3. The second-order valence-electron chi connectivity index (χ2n) is 7.49. The molecule has 0 N–H and O–H groups in total. The van der Waals surface area contributed by atoms with Crippen LogP contribution < -0.4 is 17.0 Å². The summed E-state index contributed by atoms with van der Waals surface area (Å²) in [4.78, 5) is 0. The van der Waals surface area contributed by atoms with Gasteiger partial charge in [0.05, 0.1) is 20.1 Å². The highest BCUT2D eigenvalue weighted by atomic mass is 79.9. The van der Waals surface area contributed by atoms with Gasteiger partial charge in [-0.3, -0.25) is 0 Å². The van der Waals surface area contributed by atoms with E-state index < -0.39 is 0 Å². The molecule has 0 radical (unpaired) electrons. The fourth-order valence-corrected chi connectivity index (χ4v) is 3.35. The van der Waals surface area contributed by atoms with Crippen LogP contribution in [0.25, 0.3) is 0 Å². The van der Waals surface area contributed by atoms with Gasteiger partial charge >= 0.3 is 0 Å². The maximum Gasteiger partial charge on any atom is 0.104 e. The molecule has 140 valence electrons. The van der Waals surface area contributed by atoms with Crippen LogP contribution in [0.4, 0.5) is 0 Å². The second kappa shape index (κ2) is 15.0. The fourth-order valence-electron chi connectivity index (χ4n) is 3.35. The Morgan fingerprint density at radius 2 is 1.21 bits per heavy atom. The minimum Gasteiger partial charge on any atom is -1.00 e. The Hall–Kier alpha value is -0.340. The zero-order valence-electron chi connectivity index (χ0n) is 16.4. The van der Waals surface area contributed by atoms with Crippen molar-refractivity contribution in [2.24, 2.45) is 0 Å². The van der Waals surface area contributed by atoms with Crippen LogP contribution in [-0.4, -0.2) is 24.6 Å². The first kappa shape index (κ1) is 23.7. The highest BCUT2D eigenvalue weighted by Gasteiger charge is 2.18. The normalized spacial score (nSPS) is 13.3. The van der Waals surface area contributed by atoms with Crippen molar-refractivity contribution >= 4 is 0 Å². The standard InChI is InChI=1S/C22H40N.BrH/c1-4-6-7-8-9-10-11-12-13-17-20-23(3,5-2)21-22-18-15-14-16-19-22;/h14-16,18-19H,4-13,17,20-21H2,1-3H3;1H/q+1;/p-1. The van der Waals surface area contributed by atoms with Crippen molar-refractivity contribution in [3.05, 3.63) is 35.9 Å². The Labute approximate surface area is 162 Å². The van der Waals surface area contributed by atoms with E-state index in [2.05, 4.69) is 51.2 Å². The fraction of sp³-hybridized carbons (Fsp3) is 0.727. The van der Waals surface area contributed by atoms with Crippen molar-refractivity contribution in [2.75, 3.05) is 20.1 Å². The summed E-state index contributed by atoms with van der Waals surface area (Å²) in [5.41, 5.74) is 1.48. The van der Waals surface area contributed by atoms with E-state index >= 15 is 0 Å². The molecule has 1 aromatic carbocycles. The summed E-state index contributed by atoms with van der Waals surface area (Å²) < 4.78 is 1.18. The molecule has 1 atom stereocenters. The highest BCUT2D eigenvalue weighted by Crippen LogP contribution is 2.15. The van der Waals surface area contributed by atoms with Crippen molar-refractivity contribution in [3.63, 3.8) is 0 Å². The molecule has 0 heterocycles. The zero-order chi connectivity index (χ0) is 16.8. The topological polar surface area (TPSA) is 0 Å². The zero-order valence-corrected chi connectivity index (χ0v) is 18.0. The van der Waals surface area contributed by atoms with E-state index in [1.54, 1.807) is 0 Å². The molecule has 0 fully saturated rings. The Bertz CT molecular complexity index is 379. The van der Waals surface area contributed by atoms with Gasteiger partial charge in [-0.1, -0.05) is 88.6 Å². The maximum atomic E-state index is 2.42. The molecule has 0 bridgehead atoms. The lowest BCUT2D eigenvalue weighted by Gasteiger charge is -2.33. The van der Waals surface area contributed by atoms with E-state index in [-0.39, 0.29) is 17.0 Å². The molecule has 0 aromatic heterocycles. The molecule has 0 aliphatic heterocycles. The van der Waals surface area contributed by atoms with Crippen molar-refractivity contribution in [1.82, 2.24) is 0 Å². The van der Waals surface area contributed by atoms with E-state index in [1.807, 2.05) is 0 Å². The molecule has 1 nitrogen and oxygen atoms in total. The second-order valence-corrected chi connectivity index (χ2v) is 7.49. The van der Waals surface area contributed by atoms with Crippen LogP contribution in [0.5, 0.6) is 0 Å². The average molecular weight is 398 g/mol. The molecule has 0 aliphatic carbocycles. The van der Waals surface area contributed by atoms with Crippen LogP contribution in [0, 0.1) is 0 Å². The first-order valence-electron chi connectivity index (χ1n) is 10.1. The number of nitrogens with zero attached hydrogens (tertiary/aromatic N) is 1. The van der Waals surface area contributed by atoms with Gasteiger partial charge in [0.1, 0.15) is 6.54 Å². The van der Waals surface area contributed by atoms with E-state index in [1.165, 1.54) is 93.9 Å². The van der Waals surface area contributed by atoms with Gasteiger partial charge in [0, 0.05) is 5.56 Å². The van der Waals surface area contributed by atoms with Crippen LogP contribution in [-0.2, 0) is 6.54 Å². The molecule has 0 amide bonds. The van der Waals surface area contributed by atoms with Crippen LogP contribution in [0.1, 0.15) is 83.6 Å². The lowest BCUT2D eigenvalue weighted by atomic mass is 10.1. The van der Waals surface area contributed by atoms with Crippen molar-refractivity contribution in [3.8, 4) is 0 Å². The Morgan fingerprint density at radius 3 is 1.71 bits per heavy atom. The molecular weight excluding hydrogens is 358 g/mol. The predicted octanol–water partition coefficient (Wildman–Crippen LogP) is 3.58. The molecular formula is C22H40BrN. The van der Waals surface area contributed by atoms with Crippen LogP contribution in [0.2, 0.25) is 0 Å². The molecule has 0 spiro atoms. The molecule has 24 heavy (non-hydrogen) atoms. The summed E-state index contributed by atoms with van der Waals surface area (Å²) in [6.45, 7) is 8.35. The van der Waals surface area contributed by atoms with Gasteiger partial charge in [0.15, 0.2) is 0 Å². The number of halogens is 1. The van der Waals surface area contributed by atoms with Crippen LogP contribution in [0.3, 0.4) is 0 Å². The van der Waals surface area contributed by atoms with Gasteiger partial charge in [-0.25, -0.2) is 0 Å². The molecule has 2 heteroatoms. The van der Waals surface area contributed by atoms with Gasteiger partial charge in [-0.15, -0.1) is 0 Å². The molecule has 1 rings (SSSR count). The van der Waals surface area contributed by atoms with E-state index in [9.17, 15) is 0 Å². The van der Waals surface area contributed by atoms with Gasteiger partial charge in [-0.05, 0) is 19.8 Å². The van der Waals surface area contributed by atoms with E-state index in [0.29, 0.717) is 0 Å². The largest absolute Gasteiger partial charge is 1.00 e. The SMILES string of the molecule is CCCCCCCCCCCC[N+](C)(CC)Cc1ccccc1.[Br-]. The van der Waals surface area contributed by atoms with E-state index in [4.69, 9.17) is 0 Å². The third-order valence-electron chi connectivity index (χ3n) is 5.22. The van der Waals surface area contributed by atoms with Crippen LogP contribution in [0.15, 0.2) is 30.3 Å². The van der Waals surface area contributed by atoms with Gasteiger partial charge in [0.2, 0.25) is 0 Å². The number of quaternary nitrogens is 1. The lowest BCUT2D eigenvalue weighted by Crippen LogP contribution is -3.00. The minimum absolute atomic E-state index is 0. The Kier molecular flexibility index (Phi) is 14.7. The Morgan fingerprint density at radius 1 is 0.708 bits per heavy atom. The molecule has 0 saturated carbocycles. The molecule has 1 unspecified atom stereocenters. The summed E-state index contributed by atoms with van der Waals surface area (Å²) in [5, 5.41) is 0. The number of benzene rings is 1. The van der Waals surface area contributed by atoms with Gasteiger partial charge in [-0.2, -0.15) is 0 Å². The van der Waals surface area contributed by atoms with Gasteiger partial charge < -0.3 is 21.5 Å². The van der Waals surface area contributed by atoms with Crippen LogP contribution >= 0.6 is 0 Å². The third-order valence-corrected chi connectivity index (χ3v) is 5.22. The molecule has 1 aromatic rings. The predicted molar refractivity (Wildman–Crippen MR) is 104 cm³/mol. The summed E-state index contributed by atoms with van der Waals surface area (Å²) in [6.07, 6.45) is 14.3.